The number of ether oxygens (including phenoxy) is 1. The molecule has 0 bridgehead atoms. The molecule has 0 aliphatic rings. The molecule has 0 aliphatic carbocycles. The van der Waals surface area contributed by atoms with Gasteiger partial charge < -0.3 is 9.15 Å². The van der Waals surface area contributed by atoms with Crippen molar-refractivity contribution < 1.29 is 13.9 Å². The van der Waals surface area contributed by atoms with Crippen molar-refractivity contribution in [1.29, 1.82) is 0 Å². The van der Waals surface area contributed by atoms with Crippen molar-refractivity contribution in [3.63, 3.8) is 0 Å². The average molecular weight is 256 g/mol. The molecule has 3 nitrogen and oxygen atoms in total. The maximum Gasteiger partial charge on any atom is 0.308 e. The second kappa shape index (κ2) is 5.57. The molecule has 98 valence electrons. The van der Waals surface area contributed by atoms with Gasteiger partial charge in [-0.25, -0.2) is 0 Å². The Labute approximate surface area is 112 Å². The highest BCUT2D eigenvalue weighted by Crippen LogP contribution is 2.17. The zero-order valence-corrected chi connectivity index (χ0v) is 11.3. The predicted molar refractivity (Wildman–Crippen MR) is 74.9 cm³/mol. The predicted octanol–water partition coefficient (Wildman–Crippen LogP) is 3.99. The van der Waals surface area contributed by atoms with E-state index in [-0.39, 0.29) is 5.97 Å². The van der Waals surface area contributed by atoms with Crippen LogP contribution in [0.4, 0.5) is 0 Å². The Kier molecular flexibility index (Phi) is 3.85. The van der Waals surface area contributed by atoms with Crippen LogP contribution >= 0.6 is 0 Å². The first-order valence-electron chi connectivity index (χ1n) is 6.08. The van der Waals surface area contributed by atoms with Gasteiger partial charge in [-0.05, 0) is 49.2 Å². The SMILES string of the molecule is CC(=O)Oc1ccc(/C=C/c2cc(C)c(C)o2)cc1. The summed E-state index contributed by atoms with van der Waals surface area (Å²) in [5.74, 6) is 2.00. The first-order chi connectivity index (χ1) is 9.04. The summed E-state index contributed by atoms with van der Waals surface area (Å²) < 4.78 is 10.5. The van der Waals surface area contributed by atoms with Crippen molar-refractivity contribution in [2.45, 2.75) is 20.8 Å². The quantitative estimate of drug-likeness (QED) is 0.615. The lowest BCUT2D eigenvalue weighted by Crippen LogP contribution is -2.00. The minimum Gasteiger partial charge on any atom is -0.462 e. The Morgan fingerprint density at radius 2 is 1.84 bits per heavy atom. The third kappa shape index (κ3) is 3.58. The topological polar surface area (TPSA) is 39.4 Å². The van der Waals surface area contributed by atoms with Crippen LogP contribution in [-0.2, 0) is 4.79 Å². The molecule has 0 radical (unpaired) electrons. The van der Waals surface area contributed by atoms with Gasteiger partial charge in [-0.15, -0.1) is 0 Å². The van der Waals surface area contributed by atoms with E-state index >= 15 is 0 Å². The Bertz CT molecular complexity index is 584. The number of furan rings is 1. The van der Waals surface area contributed by atoms with Gasteiger partial charge in [0.1, 0.15) is 17.3 Å². The molecule has 2 aromatic rings. The van der Waals surface area contributed by atoms with E-state index in [4.69, 9.17) is 9.15 Å². The number of benzene rings is 1. The summed E-state index contributed by atoms with van der Waals surface area (Å²) in [4.78, 5) is 10.8. The zero-order valence-electron chi connectivity index (χ0n) is 11.3. The van der Waals surface area contributed by atoms with Gasteiger partial charge >= 0.3 is 5.97 Å². The molecule has 0 N–H and O–H groups in total. The van der Waals surface area contributed by atoms with E-state index in [9.17, 15) is 4.79 Å². The zero-order chi connectivity index (χ0) is 13.8. The van der Waals surface area contributed by atoms with Crippen LogP contribution in [0.25, 0.3) is 12.2 Å². The molecule has 1 aromatic carbocycles. The van der Waals surface area contributed by atoms with Crippen LogP contribution in [0.3, 0.4) is 0 Å². The summed E-state index contributed by atoms with van der Waals surface area (Å²) in [6.07, 6.45) is 3.87. The van der Waals surface area contributed by atoms with Crippen molar-refractivity contribution in [3.05, 3.63) is 53.0 Å². The minimum atomic E-state index is -0.315. The van der Waals surface area contributed by atoms with Gasteiger partial charge in [0.25, 0.3) is 0 Å². The van der Waals surface area contributed by atoms with Crippen LogP contribution in [0.1, 0.15) is 29.6 Å². The summed E-state index contributed by atoms with van der Waals surface area (Å²) in [7, 11) is 0. The van der Waals surface area contributed by atoms with Crippen LogP contribution < -0.4 is 4.74 Å². The summed E-state index contributed by atoms with van der Waals surface area (Å²) in [5.41, 5.74) is 2.16. The molecule has 0 fully saturated rings. The minimum absolute atomic E-state index is 0.315. The monoisotopic (exact) mass is 256 g/mol. The lowest BCUT2D eigenvalue weighted by Gasteiger charge is -2.00. The van der Waals surface area contributed by atoms with Crippen LogP contribution in [0.5, 0.6) is 5.75 Å². The Morgan fingerprint density at radius 1 is 1.16 bits per heavy atom. The maximum absolute atomic E-state index is 10.8. The molecule has 0 saturated carbocycles. The fourth-order valence-electron chi connectivity index (χ4n) is 1.68. The molecule has 3 heteroatoms. The molecular weight excluding hydrogens is 240 g/mol. The van der Waals surface area contributed by atoms with E-state index in [1.807, 2.05) is 44.2 Å². The van der Waals surface area contributed by atoms with E-state index < -0.39 is 0 Å². The molecule has 0 unspecified atom stereocenters. The van der Waals surface area contributed by atoms with E-state index in [2.05, 4.69) is 0 Å². The van der Waals surface area contributed by atoms with Gasteiger partial charge in [-0.1, -0.05) is 18.2 Å². The van der Waals surface area contributed by atoms with E-state index in [0.717, 1.165) is 22.6 Å². The van der Waals surface area contributed by atoms with Crippen molar-refractivity contribution in [2.24, 2.45) is 0 Å². The molecule has 0 spiro atoms. The van der Waals surface area contributed by atoms with Crippen LogP contribution in [-0.4, -0.2) is 5.97 Å². The van der Waals surface area contributed by atoms with Crippen molar-refractivity contribution in [2.75, 3.05) is 0 Å². The van der Waals surface area contributed by atoms with E-state index in [1.165, 1.54) is 6.92 Å². The van der Waals surface area contributed by atoms with Crippen molar-refractivity contribution >= 4 is 18.1 Å². The number of esters is 1. The second-order valence-electron chi connectivity index (χ2n) is 4.38. The van der Waals surface area contributed by atoms with Crippen molar-refractivity contribution in [1.82, 2.24) is 0 Å². The first-order valence-corrected chi connectivity index (χ1v) is 6.08. The summed E-state index contributed by atoms with van der Waals surface area (Å²) >= 11 is 0. The highest BCUT2D eigenvalue weighted by Gasteiger charge is 2.00. The van der Waals surface area contributed by atoms with E-state index in [0.29, 0.717) is 5.75 Å². The van der Waals surface area contributed by atoms with Crippen LogP contribution in [0.2, 0.25) is 0 Å². The van der Waals surface area contributed by atoms with Gasteiger partial charge in [0.2, 0.25) is 0 Å². The highest BCUT2D eigenvalue weighted by atomic mass is 16.5. The molecular formula is C16H16O3. The number of hydrogen-bond donors (Lipinski definition) is 0. The lowest BCUT2D eigenvalue weighted by molar-refractivity contribution is -0.131. The summed E-state index contributed by atoms with van der Waals surface area (Å²) in [6, 6.07) is 9.30. The Balaban J connectivity index is 2.08. The molecule has 0 saturated heterocycles. The highest BCUT2D eigenvalue weighted by molar-refractivity contribution is 5.70. The van der Waals surface area contributed by atoms with Gasteiger partial charge in [-0.2, -0.15) is 0 Å². The fourth-order valence-corrected chi connectivity index (χ4v) is 1.68. The molecule has 0 aliphatic heterocycles. The standard InChI is InChI=1S/C16H16O3/c1-11-10-16(18-12(11)2)9-6-14-4-7-15(8-5-14)19-13(3)17/h4-10H,1-3H3/b9-6+. The first kappa shape index (κ1) is 13.1. The number of rotatable bonds is 3. The lowest BCUT2D eigenvalue weighted by atomic mass is 10.2. The van der Waals surface area contributed by atoms with Gasteiger partial charge in [-0.3, -0.25) is 4.79 Å². The van der Waals surface area contributed by atoms with Crippen LogP contribution in [0, 0.1) is 13.8 Å². The molecule has 19 heavy (non-hydrogen) atoms. The maximum atomic E-state index is 10.8. The number of carbonyl (C=O) groups is 1. The van der Waals surface area contributed by atoms with Crippen molar-refractivity contribution in [3.8, 4) is 5.75 Å². The van der Waals surface area contributed by atoms with Gasteiger partial charge in [0, 0.05) is 6.92 Å². The third-order valence-electron chi connectivity index (χ3n) is 2.77. The van der Waals surface area contributed by atoms with Gasteiger partial charge in [0.05, 0.1) is 0 Å². The number of hydrogen-bond acceptors (Lipinski definition) is 3. The van der Waals surface area contributed by atoms with Gasteiger partial charge in [0.15, 0.2) is 0 Å². The number of aryl methyl sites for hydroxylation is 2. The fraction of sp³-hybridized carbons (Fsp3) is 0.188. The largest absolute Gasteiger partial charge is 0.462 e. The molecule has 0 atom stereocenters. The Hall–Kier alpha value is -2.29. The normalized spacial score (nSPS) is 10.9. The molecule has 1 aromatic heterocycles. The van der Waals surface area contributed by atoms with Crippen LogP contribution in [0.15, 0.2) is 34.7 Å². The second-order valence-corrected chi connectivity index (χ2v) is 4.38. The number of carbonyl (C=O) groups excluding carboxylic acids is 1. The summed E-state index contributed by atoms with van der Waals surface area (Å²) in [5, 5.41) is 0. The molecule has 1 heterocycles. The smallest absolute Gasteiger partial charge is 0.308 e. The molecule has 2 rings (SSSR count). The third-order valence-corrected chi connectivity index (χ3v) is 2.77. The summed E-state index contributed by atoms with van der Waals surface area (Å²) in [6.45, 7) is 5.35. The average Bonchev–Trinajstić information content (AvgIpc) is 2.67. The van der Waals surface area contributed by atoms with E-state index in [1.54, 1.807) is 12.1 Å². The Morgan fingerprint density at radius 3 is 2.37 bits per heavy atom. The molecule has 0 amide bonds.